The quantitative estimate of drug-likeness (QED) is 0.137. The lowest BCUT2D eigenvalue weighted by Crippen LogP contribution is -1.92. The molecule has 0 saturated carbocycles. The van der Waals surface area contributed by atoms with Crippen molar-refractivity contribution >= 4 is 106 Å². The molecule has 0 spiro atoms. The monoisotopic (exact) mass is 674 g/mol. The molecule has 0 fully saturated rings. The van der Waals surface area contributed by atoms with Gasteiger partial charge in [-0.15, -0.1) is 22.7 Å². The van der Waals surface area contributed by atoms with Gasteiger partial charge in [0.25, 0.3) is 0 Å². The maximum atomic E-state index is 6.66. The molecule has 2 heterocycles. The predicted octanol–water partition coefficient (Wildman–Crippen LogP) is 14.6. The van der Waals surface area contributed by atoms with Crippen LogP contribution in [0.2, 0.25) is 0 Å². The summed E-state index contributed by atoms with van der Waals surface area (Å²) in [7, 11) is 0. The minimum atomic E-state index is 0.831. The van der Waals surface area contributed by atoms with Gasteiger partial charge in [-0.2, -0.15) is 0 Å². The van der Waals surface area contributed by atoms with Crippen molar-refractivity contribution in [1.29, 1.82) is 0 Å². The van der Waals surface area contributed by atoms with Crippen molar-refractivity contribution in [1.82, 2.24) is 0 Å². The lowest BCUT2D eigenvalue weighted by Gasteiger charge is -2.20. The summed E-state index contributed by atoms with van der Waals surface area (Å²) in [6.45, 7) is 0. The topological polar surface area (TPSA) is 18.5 Å². The molecule has 0 unspecified atom stereocenters. The third-order valence-electron chi connectivity index (χ3n) is 9.91. The van der Waals surface area contributed by atoms with E-state index >= 15 is 0 Å². The number of hydrogen-bond donors (Lipinski definition) is 0. The Bertz CT molecular complexity index is 2920. The zero-order valence-electron chi connectivity index (χ0n) is 26.6. The lowest BCUT2D eigenvalue weighted by molar-refractivity contribution is 0.489. The van der Waals surface area contributed by atoms with Crippen LogP contribution in [0.15, 0.2) is 158 Å². The highest BCUT2D eigenvalue weighted by atomic mass is 32.1. The zero-order valence-corrected chi connectivity index (χ0v) is 28.3. The molecule has 11 rings (SSSR count). The molecule has 11 aromatic rings. The van der Waals surface area contributed by atoms with Gasteiger partial charge in [0.05, 0.1) is 0 Å². The fraction of sp³-hybridized carbons (Fsp3) is 0. The smallest absolute Gasteiger partial charge is 0.135 e. The Labute approximate surface area is 295 Å². The maximum Gasteiger partial charge on any atom is 0.135 e. The van der Waals surface area contributed by atoms with Crippen LogP contribution in [-0.4, -0.2) is 0 Å². The largest absolute Gasteiger partial charge is 0.457 e. The van der Waals surface area contributed by atoms with Crippen LogP contribution in [0.3, 0.4) is 0 Å². The molecule has 0 aliphatic rings. The van der Waals surface area contributed by atoms with Crippen LogP contribution in [-0.2, 0) is 0 Å². The van der Waals surface area contributed by atoms with E-state index in [0.717, 1.165) is 33.8 Å². The summed E-state index contributed by atoms with van der Waals surface area (Å²) in [6, 6.07) is 55.7. The molecule has 0 aliphatic heterocycles. The Morgan fingerprint density at radius 2 is 0.680 bits per heavy atom. The van der Waals surface area contributed by atoms with E-state index in [9.17, 15) is 0 Å². The van der Waals surface area contributed by atoms with Crippen LogP contribution in [0.25, 0.3) is 83.4 Å². The summed E-state index contributed by atoms with van der Waals surface area (Å²) in [4.78, 5) is 0. The summed E-state index contributed by atoms with van der Waals surface area (Å²) in [5.74, 6) is 3.40. The predicted molar refractivity (Wildman–Crippen MR) is 215 cm³/mol. The zero-order chi connectivity index (χ0) is 32.8. The second-order valence-electron chi connectivity index (χ2n) is 12.7. The average Bonchev–Trinajstić information content (AvgIpc) is 3.17. The van der Waals surface area contributed by atoms with Crippen LogP contribution >= 0.6 is 22.7 Å². The molecule has 2 aromatic heterocycles. The molecule has 9 aromatic carbocycles. The van der Waals surface area contributed by atoms with E-state index in [1.165, 1.54) is 72.7 Å². The fourth-order valence-corrected chi connectivity index (χ4v) is 10.3. The van der Waals surface area contributed by atoms with Crippen LogP contribution in [0.1, 0.15) is 0 Å². The summed E-state index contributed by atoms with van der Waals surface area (Å²) in [6.07, 6.45) is 0. The van der Waals surface area contributed by atoms with Gasteiger partial charge in [-0.05, 0) is 59.3 Å². The first kappa shape index (κ1) is 28.0. The Morgan fingerprint density at radius 1 is 0.300 bits per heavy atom. The fourth-order valence-electron chi connectivity index (χ4n) is 7.84. The normalized spacial score (nSPS) is 12.0. The van der Waals surface area contributed by atoms with E-state index < -0.39 is 0 Å². The first-order chi connectivity index (χ1) is 24.8. The molecule has 0 N–H and O–H groups in total. The Morgan fingerprint density at radius 3 is 1.12 bits per heavy atom. The molecule has 4 heteroatoms. The minimum absolute atomic E-state index is 0.831. The van der Waals surface area contributed by atoms with Gasteiger partial charge in [0.2, 0.25) is 0 Å². The van der Waals surface area contributed by atoms with Crippen LogP contribution < -0.4 is 9.47 Å². The van der Waals surface area contributed by atoms with Crippen molar-refractivity contribution < 1.29 is 9.47 Å². The van der Waals surface area contributed by atoms with Gasteiger partial charge >= 0.3 is 0 Å². The molecular formula is C46H26O2S2. The molecule has 0 aliphatic carbocycles. The third-order valence-corrected chi connectivity index (χ3v) is 12.3. The number of rotatable bonds is 4. The summed E-state index contributed by atoms with van der Waals surface area (Å²) in [5, 5.41) is 14.7. The van der Waals surface area contributed by atoms with Gasteiger partial charge < -0.3 is 9.47 Å². The van der Waals surface area contributed by atoms with E-state index in [-0.39, 0.29) is 0 Å². The number of para-hydroxylation sites is 2. The summed E-state index contributed by atoms with van der Waals surface area (Å²) in [5.41, 5.74) is 0. The van der Waals surface area contributed by atoms with Gasteiger partial charge in [0, 0.05) is 72.7 Å². The highest BCUT2D eigenvalue weighted by molar-refractivity contribution is 7.26. The standard InChI is InChI=1S/C46H26O2S2/c1-3-13-27(14-4-1)47-37-25-35-41-33-21-11-24-40-44(33)42(34-22-12-23-39(43(34)41)49-45(35)31-19-9-7-17-29(31)37)36-26-38(48-28-15-5-2-6-16-28)30-18-8-10-20-32(30)46(36)50-40/h1-26H. The second-order valence-corrected chi connectivity index (χ2v) is 14.8. The van der Waals surface area contributed by atoms with Crippen molar-refractivity contribution in [3.8, 4) is 23.0 Å². The van der Waals surface area contributed by atoms with Gasteiger partial charge in [0.15, 0.2) is 0 Å². The average molecular weight is 675 g/mol. The molecule has 50 heavy (non-hydrogen) atoms. The molecule has 2 nitrogen and oxygen atoms in total. The van der Waals surface area contributed by atoms with Crippen LogP contribution in [0.5, 0.6) is 23.0 Å². The molecular weight excluding hydrogens is 649 g/mol. The Hall–Kier alpha value is -5.94. The van der Waals surface area contributed by atoms with Gasteiger partial charge in [-0.1, -0.05) is 109 Å². The van der Waals surface area contributed by atoms with Crippen LogP contribution in [0.4, 0.5) is 0 Å². The van der Waals surface area contributed by atoms with Gasteiger partial charge in [-0.25, -0.2) is 0 Å². The first-order valence-corrected chi connectivity index (χ1v) is 18.4. The van der Waals surface area contributed by atoms with E-state index in [4.69, 9.17) is 9.47 Å². The van der Waals surface area contributed by atoms with E-state index in [1.54, 1.807) is 0 Å². The van der Waals surface area contributed by atoms with Crippen molar-refractivity contribution in [3.63, 3.8) is 0 Å². The molecule has 0 atom stereocenters. The van der Waals surface area contributed by atoms with E-state index in [2.05, 4.69) is 97.1 Å². The Balaban J connectivity index is 1.32. The van der Waals surface area contributed by atoms with E-state index in [1.807, 2.05) is 83.3 Å². The van der Waals surface area contributed by atoms with Crippen molar-refractivity contribution in [2.45, 2.75) is 0 Å². The van der Waals surface area contributed by atoms with Crippen LogP contribution in [0, 0.1) is 0 Å². The molecule has 0 saturated heterocycles. The number of fused-ring (bicyclic) bond motifs is 10. The van der Waals surface area contributed by atoms with Crippen molar-refractivity contribution in [2.24, 2.45) is 0 Å². The van der Waals surface area contributed by atoms with Crippen molar-refractivity contribution in [2.75, 3.05) is 0 Å². The minimum Gasteiger partial charge on any atom is -0.457 e. The third kappa shape index (κ3) is 4.07. The number of ether oxygens (including phenoxy) is 2. The molecule has 234 valence electrons. The highest BCUT2D eigenvalue weighted by Crippen LogP contribution is 2.52. The van der Waals surface area contributed by atoms with Crippen molar-refractivity contribution in [3.05, 3.63) is 158 Å². The Kier molecular flexibility index (Phi) is 6.03. The summed E-state index contributed by atoms with van der Waals surface area (Å²) >= 11 is 3.75. The molecule has 0 amide bonds. The maximum absolute atomic E-state index is 6.66. The first-order valence-electron chi connectivity index (χ1n) is 16.8. The van der Waals surface area contributed by atoms with E-state index in [0.29, 0.717) is 0 Å². The SMILES string of the molecule is c1ccc(Oc2cc3c(sc4cccc5c4c3c3cccc4sc6c7ccccc7c(Oc7ccccc7)cc6c5c43)c3ccccc23)cc1. The highest BCUT2D eigenvalue weighted by Gasteiger charge is 2.22. The number of hydrogen-bond acceptors (Lipinski definition) is 4. The molecule has 0 bridgehead atoms. The molecule has 0 radical (unpaired) electrons. The van der Waals surface area contributed by atoms with Gasteiger partial charge in [0.1, 0.15) is 23.0 Å². The second kappa shape index (κ2) is 10.8. The summed E-state index contributed by atoms with van der Waals surface area (Å²) < 4.78 is 18.4. The number of benzene rings is 9. The van der Waals surface area contributed by atoms with Gasteiger partial charge in [-0.3, -0.25) is 0 Å². The lowest BCUT2D eigenvalue weighted by atomic mass is 9.90.